The maximum absolute atomic E-state index is 5.82. The highest BCUT2D eigenvalue weighted by Crippen LogP contribution is 2.25. The molecule has 0 aromatic heterocycles. The Balaban J connectivity index is 0.000000240. The Morgan fingerprint density at radius 2 is 0.818 bits per heavy atom. The molecule has 4 nitrogen and oxygen atoms in total. The van der Waals surface area contributed by atoms with Crippen molar-refractivity contribution in [2.75, 3.05) is 39.3 Å². The fourth-order valence-corrected chi connectivity index (χ4v) is 6.96. The van der Waals surface area contributed by atoms with Gasteiger partial charge in [0, 0.05) is 39.3 Å². The Morgan fingerprint density at radius 3 is 1.07 bits per heavy atom. The molecule has 0 bridgehead atoms. The van der Waals surface area contributed by atoms with Gasteiger partial charge < -0.3 is 9.47 Å². The molecule has 0 amide bonds. The van der Waals surface area contributed by atoms with Gasteiger partial charge in [-0.3, -0.25) is 9.80 Å². The van der Waals surface area contributed by atoms with Crippen molar-refractivity contribution in [1.82, 2.24) is 9.80 Å². The van der Waals surface area contributed by atoms with Crippen molar-refractivity contribution in [2.45, 2.75) is 131 Å². The van der Waals surface area contributed by atoms with E-state index in [0.717, 1.165) is 39.0 Å². The largest absolute Gasteiger partial charge is 0.373 e. The van der Waals surface area contributed by atoms with Crippen LogP contribution >= 0.6 is 0 Å². The molecule has 2 unspecified atom stereocenters. The zero-order valence-electron chi connectivity index (χ0n) is 30.5. The smallest absolute Gasteiger partial charge is 0.0678 e. The molecule has 2 heterocycles. The standard InChI is InChI=1S/2C20H33NO/c2*1-15(12-21-13-16(2)22-17(3)14-21)11-18-7-9-19(10-8-18)20(4,5)6/h2*7-10,15-17H,11-14H2,1-6H3/t2*15?,16-,17+. The van der Waals surface area contributed by atoms with Crippen molar-refractivity contribution in [3.05, 3.63) is 70.8 Å². The van der Waals surface area contributed by atoms with Crippen LogP contribution in [0.3, 0.4) is 0 Å². The number of morpholine rings is 2. The van der Waals surface area contributed by atoms with E-state index in [1.54, 1.807) is 0 Å². The number of rotatable bonds is 8. The third kappa shape index (κ3) is 12.6. The first-order valence-corrected chi connectivity index (χ1v) is 17.4. The van der Waals surface area contributed by atoms with Crippen molar-refractivity contribution in [3.63, 3.8) is 0 Å². The molecule has 44 heavy (non-hydrogen) atoms. The monoisotopic (exact) mass is 607 g/mol. The first-order valence-electron chi connectivity index (χ1n) is 17.4. The molecule has 2 saturated heterocycles. The molecular weight excluding hydrogens is 540 g/mol. The van der Waals surface area contributed by atoms with Crippen molar-refractivity contribution in [1.29, 1.82) is 0 Å². The summed E-state index contributed by atoms with van der Waals surface area (Å²) in [5.41, 5.74) is 6.22. The first kappa shape index (κ1) is 36.7. The van der Waals surface area contributed by atoms with Crippen molar-refractivity contribution in [2.24, 2.45) is 11.8 Å². The van der Waals surface area contributed by atoms with Crippen LogP contribution in [0.5, 0.6) is 0 Å². The molecule has 4 heteroatoms. The minimum Gasteiger partial charge on any atom is -0.373 e. The Morgan fingerprint density at radius 1 is 0.545 bits per heavy atom. The number of ether oxygens (including phenoxy) is 2. The van der Waals surface area contributed by atoms with E-state index in [-0.39, 0.29) is 10.8 Å². The molecule has 2 aromatic carbocycles. The predicted molar refractivity (Wildman–Crippen MR) is 189 cm³/mol. The highest BCUT2D eigenvalue weighted by atomic mass is 16.5. The number of hydrogen-bond acceptors (Lipinski definition) is 4. The van der Waals surface area contributed by atoms with Gasteiger partial charge in [0.05, 0.1) is 24.4 Å². The number of nitrogens with zero attached hydrogens (tertiary/aromatic N) is 2. The van der Waals surface area contributed by atoms with Gasteiger partial charge >= 0.3 is 0 Å². The minimum absolute atomic E-state index is 0.240. The van der Waals surface area contributed by atoms with Crippen LogP contribution in [0.1, 0.15) is 105 Å². The van der Waals surface area contributed by atoms with Crippen molar-refractivity contribution in [3.8, 4) is 0 Å². The molecule has 0 aliphatic carbocycles. The Bertz CT molecular complexity index is 989. The van der Waals surface area contributed by atoms with Crippen LogP contribution in [0, 0.1) is 11.8 Å². The maximum atomic E-state index is 5.82. The fraction of sp³-hybridized carbons (Fsp3) is 0.700. The summed E-state index contributed by atoms with van der Waals surface area (Å²) in [6.07, 6.45) is 3.77. The summed E-state index contributed by atoms with van der Waals surface area (Å²) < 4.78 is 11.6. The summed E-state index contributed by atoms with van der Waals surface area (Å²) in [6.45, 7) is 33.7. The average molecular weight is 607 g/mol. The van der Waals surface area contributed by atoms with E-state index in [0.29, 0.717) is 36.3 Å². The third-order valence-electron chi connectivity index (χ3n) is 8.94. The SMILES string of the molecule is CC(Cc1ccc(C(C)(C)C)cc1)CN1C[C@@H](C)O[C@@H](C)C1.CC(Cc1ccc(C(C)(C)C)cc1)CN1C[C@@H](C)O[C@@H](C)C1. The molecule has 0 spiro atoms. The van der Waals surface area contributed by atoms with Crippen molar-refractivity contribution < 1.29 is 9.47 Å². The molecular formula is C40H66N2O2. The molecule has 2 aromatic rings. The molecule has 0 saturated carbocycles. The van der Waals surface area contributed by atoms with Gasteiger partial charge in [-0.1, -0.05) is 104 Å². The van der Waals surface area contributed by atoms with Crippen LogP contribution in [-0.4, -0.2) is 73.5 Å². The quantitative estimate of drug-likeness (QED) is 0.301. The van der Waals surface area contributed by atoms with E-state index >= 15 is 0 Å². The van der Waals surface area contributed by atoms with Crippen LogP contribution in [0.25, 0.3) is 0 Å². The second kappa shape index (κ2) is 16.2. The Kier molecular flexibility index (Phi) is 13.5. The number of hydrogen-bond donors (Lipinski definition) is 0. The summed E-state index contributed by atoms with van der Waals surface area (Å²) >= 11 is 0. The summed E-state index contributed by atoms with van der Waals surface area (Å²) in [7, 11) is 0. The van der Waals surface area contributed by atoms with Crippen LogP contribution in [-0.2, 0) is 33.1 Å². The van der Waals surface area contributed by atoms with Gasteiger partial charge in [-0.15, -0.1) is 0 Å². The second-order valence-electron chi connectivity index (χ2n) is 16.5. The molecule has 6 atom stereocenters. The second-order valence-corrected chi connectivity index (χ2v) is 16.5. The van der Waals surface area contributed by atoms with Gasteiger partial charge in [0.25, 0.3) is 0 Å². The predicted octanol–water partition coefficient (Wildman–Crippen LogP) is 8.54. The van der Waals surface area contributed by atoms with Gasteiger partial charge in [-0.05, 0) is 85.5 Å². The van der Waals surface area contributed by atoms with Gasteiger partial charge in [-0.25, -0.2) is 0 Å². The molecule has 0 radical (unpaired) electrons. The molecule has 4 rings (SSSR count). The summed E-state index contributed by atoms with van der Waals surface area (Å²) in [5.74, 6) is 1.36. The zero-order valence-corrected chi connectivity index (χ0v) is 30.5. The highest BCUT2D eigenvalue weighted by Gasteiger charge is 2.24. The van der Waals surface area contributed by atoms with Crippen LogP contribution in [0.15, 0.2) is 48.5 Å². The summed E-state index contributed by atoms with van der Waals surface area (Å²) in [4.78, 5) is 5.13. The van der Waals surface area contributed by atoms with Crippen LogP contribution < -0.4 is 0 Å². The van der Waals surface area contributed by atoms with Crippen LogP contribution in [0.2, 0.25) is 0 Å². The zero-order chi connectivity index (χ0) is 32.7. The van der Waals surface area contributed by atoms with E-state index < -0.39 is 0 Å². The van der Waals surface area contributed by atoms with Gasteiger partial charge in [-0.2, -0.15) is 0 Å². The normalized spacial score (nSPS) is 25.2. The number of benzene rings is 2. The Hall–Kier alpha value is -1.72. The molecule has 2 fully saturated rings. The van der Waals surface area contributed by atoms with Crippen molar-refractivity contribution >= 4 is 0 Å². The van der Waals surface area contributed by atoms with Gasteiger partial charge in [0.15, 0.2) is 0 Å². The van der Waals surface area contributed by atoms with E-state index in [1.165, 1.54) is 35.3 Å². The highest BCUT2D eigenvalue weighted by molar-refractivity contribution is 5.28. The lowest BCUT2D eigenvalue weighted by Crippen LogP contribution is -2.47. The topological polar surface area (TPSA) is 24.9 Å². The molecule has 248 valence electrons. The van der Waals surface area contributed by atoms with Gasteiger partial charge in [0.2, 0.25) is 0 Å². The van der Waals surface area contributed by atoms with E-state index in [4.69, 9.17) is 9.47 Å². The molecule has 2 aliphatic rings. The summed E-state index contributed by atoms with van der Waals surface area (Å²) in [5, 5.41) is 0. The fourth-order valence-electron chi connectivity index (χ4n) is 6.96. The van der Waals surface area contributed by atoms with Gasteiger partial charge in [0.1, 0.15) is 0 Å². The maximum Gasteiger partial charge on any atom is 0.0678 e. The lowest BCUT2D eigenvalue weighted by molar-refractivity contribution is -0.0711. The lowest BCUT2D eigenvalue weighted by atomic mass is 9.86. The average Bonchev–Trinajstić information content (AvgIpc) is 2.87. The van der Waals surface area contributed by atoms with Crippen LogP contribution in [0.4, 0.5) is 0 Å². The molecule has 2 aliphatic heterocycles. The van der Waals surface area contributed by atoms with E-state index in [2.05, 4.69) is 141 Å². The first-order chi connectivity index (χ1) is 20.5. The minimum atomic E-state index is 0.240. The van der Waals surface area contributed by atoms with E-state index in [1.807, 2.05) is 0 Å². The lowest BCUT2D eigenvalue weighted by Gasteiger charge is -2.36. The Labute approximate surface area is 271 Å². The summed E-state index contributed by atoms with van der Waals surface area (Å²) in [6, 6.07) is 18.4. The van der Waals surface area contributed by atoms with E-state index in [9.17, 15) is 0 Å². The third-order valence-corrected chi connectivity index (χ3v) is 8.94. The molecule has 0 N–H and O–H groups in total.